The van der Waals surface area contributed by atoms with Gasteiger partial charge in [0.1, 0.15) is 5.75 Å². The van der Waals surface area contributed by atoms with Gasteiger partial charge in [-0.2, -0.15) is 0 Å². The molecule has 1 aromatic carbocycles. The summed E-state index contributed by atoms with van der Waals surface area (Å²) in [5.41, 5.74) is 7.18. The lowest BCUT2D eigenvalue weighted by molar-refractivity contribution is -0.127. The molecule has 0 fully saturated rings. The molecule has 6 heteroatoms. The van der Waals surface area contributed by atoms with Gasteiger partial charge in [0.15, 0.2) is 11.2 Å². The predicted molar refractivity (Wildman–Crippen MR) is 78.9 cm³/mol. The van der Waals surface area contributed by atoms with Crippen LogP contribution in [0.25, 0.3) is 0 Å². The van der Waals surface area contributed by atoms with E-state index in [0.717, 1.165) is 11.1 Å². The van der Waals surface area contributed by atoms with Crippen LogP contribution >= 0.6 is 12.2 Å². The van der Waals surface area contributed by atoms with Crippen LogP contribution in [0.4, 0.5) is 0 Å². The number of aryl methyl sites for hydroxylation is 2. The van der Waals surface area contributed by atoms with E-state index in [-0.39, 0.29) is 5.91 Å². The Bertz CT molecular complexity index is 477. The average molecular weight is 281 g/mol. The molecule has 0 saturated heterocycles. The van der Waals surface area contributed by atoms with E-state index < -0.39 is 6.10 Å². The minimum absolute atomic E-state index is 0.294. The molecule has 0 bridgehead atoms. The van der Waals surface area contributed by atoms with Crippen molar-refractivity contribution in [2.45, 2.75) is 26.9 Å². The third-order valence-electron chi connectivity index (χ3n) is 2.53. The summed E-state index contributed by atoms with van der Waals surface area (Å²) in [6, 6.07) is 5.82. The second-order valence-corrected chi connectivity index (χ2v) is 4.63. The number of hydrazine groups is 1. The molecule has 3 N–H and O–H groups in total. The Balaban J connectivity index is 2.56. The first-order chi connectivity index (χ1) is 8.93. The Morgan fingerprint density at radius 1 is 1.32 bits per heavy atom. The maximum Gasteiger partial charge on any atom is 0.279 e. The van der Waals surface area contributed by atoms with Crippen LogP contribution in [0.5, 0.6) is 5.75 Å². The molecule has 0 unspecified atom stereocenters. The summed E-state index contributed by atoms with van der Waals surface area (Å²) in [4.78, 5) is 11.8. The van der Waals surface area contributed by atoms with Gasteiger partial charge in [-0.15, -0.1) is 0 Å². The van der Waals surface area contributed by atoms with Gasteiger partial charge in [0, 0.05) is 7.05 Å². The Morgan fingerprint density at radius 3 is 2.58 bits per heavy atom. The third-order valence-corrected chi connectivity index (χ3v) is 2.84. The summed E-state index contributed by atoms with van der Waals surface area (Å²) < 4.78 is 5.61. The van der Waals surface area contributed by atoms with Crippen molar-refractivity contribution >= 4 is 23.2 Å². The highest BCUT2D eigenvalue weighted by atomic mass is 32.1. The van der Waals surface area contributed by atoms with Crippen molar-refractivity contribution < 1.29 is 9.53 Å². The zero-order valence-electron chi connectivity index (χ0n) is 11.5. The van der Waals surface area contributed by atoms with Crippen molar-refractivity contribution in [1.82, 2.24) is 16.2 Å². The first-order valence-corrected chi connectivity index (χ1v) is 6.36. The van der Waals surface area contributed by atoms with Gasteiger partial charge in [-0.25, -0.2) is 0 Å². The van der Waals surface area contributed by atoms with Gasteiger partial charge in [-0.05, 0) is 44.6 Å². The molecule has 0 heterocycles. The number of amides is 1. The Hall–Kier alpha value is -1.82. The number of hydrogen-bond acceptors (Lipinski definition) is 3. The molecular formula is C13H19N3O2S. The Labute approximate surface area is 118 Å². The fourth-order valence-electron chi connectivity index (χ4n) is 1.46. The number of ether oxygens (including phenoxy) is 1. The van der Waals surface area contributed by atoms with E-state index >= 15 is 0 Å². The van der Waals surface area contributed by atoms with Crippen LogP contribution < -0.4 is 20.9 Å². The highest BCUT2D eigenvalue weighted by Crippen LogP contribution is 2.19. The number of carbonyl (C=O) groups excluding carboxylic acids is 1. The minimum Gasteiger partial charge on any atom is -0.481 e. The van der Waals surface area contributed by atoms with Gasteiger partial charge in [-0.1, -0.05) is 17.7 Å². The molecule has 1 rings (SSSR count). The summed E-state index contributed by atoms with van der Waals surface area (Å²) in [6.07, 6.45) is -0.617. The number of nitrogens with one attached hydrogen (secondary N) is 3. The van der Waals surface area contributed by atoms with Gasteiger partial charge in [0.25, 0.3) is 5.91 Å². The molecule has 1 amide bonds. The summed E-state index contributed by atoms with van der Waals surface area (Å²) in [7, 11) is 1.66. The van der Waals surface area contributed by atoms with E-state index in [9.17, 15) is 4.79 Å². The maximum atomic E-state index is 11.8. The van der Waals surface area contributed by atoms with Crippen molar-refractivity contribution in [3.8, 4) is 5.75 Å². The molecule has 0 aliphatic carbocycles. The topological polar surface area (TPSA) is 62.4 Å². The van der Waals surface area contributed by atoms with Crippen molar-refractivity contribution in [3.05, 3.63) is 29.3 Å². The molecule has 0 spiro atoms. The highest BCUT2D eigenvalue weighted by Gasteiger charge is 2.15. The maximum absolute atomic E-state index is 11.8. The molecule has 1 atom stereocenters. The van der Waals surface area contributed by atoms with Crippen LogP contribution in [-0.4, -0.2) is 24.2 Å². The van der Waals surface area contributed by atoms with Crippen LogP contribution in [0.2, 0.25) is 0 Å². The SMILES string of the molecule is CNC(=S)NNC(=O)[C@H](C)Oc1ccc(C)cc1C. The zero-order chi connectivity index (χ0) is 14.4. The minimum atomic E-state index is -0.617. The quantitative estimate of drug-likeness (QED) is 0.574. The Kier molecular flexibility index (Phi) is 5.57. The predicted octanol–water partition coefficient (Wildman–Crippen LogP) is 1.20. The van der Waals surface area contributed by atoms with Gasteiger partial charge in [0.2, 0.25) is 0 Å². The number of carbonyl (C=O) groups is 1. The summed E-state index contributed by atoms with van der Waals surface area (Å²) in [6.45, 7) is 5.63. The molecule has 104 valence electrons. The molecule has 0 aromatic heterocycles. The lowest BCUT2D eigenvalue weighted by Gasteiger charge is -2.17. The van der Waals surface area contributed by atoms with Gasteiger partial charge in [-0.3, -0.25) is 15.6 Å². The van der Waals surface area contributed by atoms with E-state index in [1.165, 1.54) is 0 Å². The van der Waals surface area contributed by atoms with Crippen LogP contribution in [-0.2, 0) is 4.79 Å². The largest absolute Gasteiger partial charge is 0.481 e. The van der Waals surface area contributed by atoms with E-state index in [4.69, 9.17) is 17.0 Å². The number of thiocarbonyl (C=S) groups is 1. The van der Waals surface area contributed by atoms with E-state index in [1.54, 1.807) is 14.0 Å². The third kappa shape index (κ3) is 4.75. The number of hydrogen-bond donors (Lipinski definition) is 3. The molecule has 0 saturated carbocycles. The van der Waals surface area contributed by atoms with Crippen LogP contribution in [0, 0.1) is 13.8 Å². The summed E-state index contributed by atoms with van der Waals surface area (Å²) in [5, 5.41) is 3.03. The zero-order valence-corrected chi connectivity index (χ0v) is 12.4. The first-order valence-electron chi connectivity index (χ1n) is 5.95. The van der Waals surface area contributed by atoms with Crippen molar-refractivity contribution in [1.29, 1.82) is 0 Å². The average Bonchev–Trinajstić information content (AvgIpc) is 2.38. The molecule has 0 aliphatic heterocycles. The lowest BCUT2D eigenvalue weighted by atomic mass is 10.1. The number of rotatable bonds is 3. The van der Waals surface area contributed by atoms with Crippen molar-refractivity contribution in [3.63, 3.8) is 0 Å². The Morgan fingerprint density at radius 2 is 2.00 bits per heavy atom. The smallest absolute Gasteiger partial charge is 0.279 e. The van der Waals surface area contributed by atoms with Crippen molar-refractivity contribution in [2.75, 3.05) is 7.05 Å². The second kappa shape index (κ2) is 6.94. The fourth-order valence-corrected chi connectivity index (χ4v) is 1.51. The molecule has 0 aliphatic rings. The fraction of sp³-hybridized carbons (Fsp3) is 0.385. The normalized spacial score (nSPS) is 11.4. The van der Waals surface area contributed by atoms with Gasteiger partial charge in [0.05, 0.1) is 0 Å². The van der Waals surface area contributed by atoms with Crippen LogP contribution in [0.3, 0.4) is 0 Å². The van der Waals surface area contributed by atoms with Crippen LogP contribution in [0.15, 0.2) is 18.2 Å². The highest BCUT2D eigenvalue weighted by molar-refractivity contribution is 7.80. The summed E-state index contributed by atoms with van der Waals surface area (Å²) in [5.74, 6) is 0.405. The first kappa shape index (κ1) is 15.2. The monoisotopic (exact) mass is 281 g/mol. The van der Waals surface area contributed by atoms with Gasteiger partial charge < -0.3 is 10.1 Å². The molecule has 5 nitrogen and oxygen atoms in total. The van der Waals surface area contributed by atoms with E-state index in [0.29, 0.717) is 10.9 Å². The van der Waals surface area contributed by atoms with E-state index in [2.05, 4.69) is 16.2 Å². The number of benzene rings is 1. The van der Waals surface area contributed by atoms with Crippen LogP contribution in [0.1, 0.15) is 18.1 Å². The standard InChI is InChI=1S/C13H19N3O2S/c1-8-5-6-11(9(2)7-8)18-10(3)12(17)15-16-13(19)14-4/h5-7,10H,1-4H3,(H,15,17)(H2,14,16,19)/t10-/m0/s1. The van der Waals surface area contributed by atoms with Crippen molar-refractivity contribution in [2.24, 2.45) is 0 Å². The second-order valence-electron chi connectivity index (χ2n) is 4.22. The molecule has 19 heavy (non-hydrogen) atoms. The van der Waals surface area contributed by atoms with E-state index in [1.807, 2.05) is 32.0 Å². The molecular weight excluding hydrogens is 262 g/mol. The lowest BCUT2D eigenvalue weighted by Crippen LogP contribution is -2.49. The van der Waals surface area contributed by atoms with Gasteiger partial charge >= 0.3 is 0 Å². The molecule has 1 aromatic rings. The summed E-state index contributed by atoms with van der Waals surface area (Å²) >= 11 is 4.85. The molecule has 0 radical (unpaired) electrons.